The molecule has 1 aromatic carbocycles. The zero-order valence-corrected chi connectivity index (χ0v) is 9.37. The van der Waals surface area contributed by atoms with Crippen LogP contribution in [0.3, 0.4) is 0 Å². The fourth-order valence-corrected chi connectivity index (χ4v) is 1.75. The van der Waals surface area contributed by atoms with Gasteiger partial charge in [0, 0.05) is 13.1 Å². The number of nitrogens with zero attached hydrogens (tertiary/aromatic N) is 1. The summed E-state index contributed by atoms with van der Waals surface area (Å²) in [6.07, 6.45) is 0. The van der Waals surface area contributed by atoms with Crippen molar-refractivity contribution in [3.63, 3.8) is 0 Å². The van der Waals surface area contributed by atoms with Crippen LogP contribution in [0.5, 0.6) is 0 Å². The van der Waals surface area contributed by atoms with Crippen molar-refractivity contribution in [1.82, 2.24) is 10.2 Å². The number of anilines is 1. The number of carbonyl (C=O) groups excluding carboxylic acids is 2. The molecule has 18 heavy (non-hydrogen) atoms. The maximum atomic E-state index is 13.6. The fraction of sp³-hybridized carbons (Fsp3) is 0.273. The first-order chi connectivity index (χ1) is 8.49. The minimum atomic E-state index is -0.965. The number of nitrogens with two attached hydrogens (primary N) is 1. The summed E-state index contributed by atoms with van der Waals surface area (Å²) in [5, 5.41) is 2.53. The molecule has 96 valence electrons. The summed E-state index contributed by atoms with van der Waals surface area (Å²) in [7, 11) is 0. The van der Waals surface area contributed by atoms with Crippen LogP contribution in [0.4, 0.5) is 14.5 Å². The van der Waals surface area contributed by atoms with Crippen LogP contribution in [0.2, 0.25) is 0 Å². The highest BCUT2D eigenvalue weighted by Crippen LogP contribution is 2.19. The minimum Gasteiger partial charge on any atom is -0.396 e. The van der Waals surface area contributed by atoms with Crippen LogP contribution in [0.15, 0.2) is 12.1 Å². The van der Waals surface area contributed by atoms with E-state index in [1.165, 1.54) is 0 Å². The van der Waals surface area contributed by atoms with Gasteiger partial charge in [0.1, 0.15) is 5.82 Å². The van der Waals surface area contributed by atoms with Crippen LogP contribution >= 0.6 is 0 Å². The largest absolute Gasteiger partial charge is 0.396 e. The normalized spacial score (nSPS) is 15.4. The third-order valence-corrected chi connectivity index (χ3v) is 2.62. The molecular formula is C11H11F2N3O2. The van der Waals surface area contributed by atoms with Gasteiger partial charge in [0.05, 0.1) is 17.8 Å². The number of nitrogens with one attached hydrogen (secondary N) is 1. The topological polar surface area (TPSA) is 75.4 Å². The molecule has 0 unspecified atom stereocenters. The number of amides is 2. The second-order valence-corrected chi connectivity index (χ2v) is 3.93. The van der Waals surface area contributed by atoms with E-state index in [0.717, 1.165) is 17.0 Å². The first-order valence-electron chi connectivity index (χ1n) is 5.29. The van der Waals surface area contributed by atoms with Crippen LogP contribution in [0.1, 0.15) is 10.4 Å². The highest BCUT2D eigenvalue weighted by atomic mass is 19.1. The molecule has 0 radical (unpaired) electrons. The van der Waals surface area contributed by atoms with Crippen molar-refractivity contribution < 1.29 is 18.4 Å². The van der Waals surface area contributed by atoms with E-state index in [0.29, 0.717) is 0 Å². The molecule has 0 spiro atoms. The van der Waals surface area contributed by atoms with Crippen molar-refractivity contribution in [3.8, 4) is 0 Å². The number of hydrogen-bond acceptors (Lipinski definition) is 3. The molecule has 3 N–H and O–H groups in total. The van der Waals surface area contributed by atoms with Crippen LogP contribution < -0.4 is 11.1 Å². The molecule has 0 aliphatic carbocycles. The van der Waals surface area contributed by atoms with Gasteiger partial charge in [-0.15, -0.1) is 0 Å². The molecule has 1 aliphatic heterocycles. The van der Waals surface area contributed by atoms with E-state index in [2.05, 4.69) is 5.32 Å². The average Bonchev–Trinajstić information content (AvgIpc) is 2.33. The smallest absolute Gasteiger partial charge is 0.257 e. The lowest BCUT2D eigenvalue weighted by Gasteiger charge is -2.26. The van der Waals surface area contributed by atoms with Gasteiger partial charge in [-0.1, -0.05) is 0 Å². The fourth-order valence-electron chi connectivity index (χ4n) is 1.75. The maximum absolute atomic E-state index is 13.6. The highest BCUT2D eigenvalue weighted by molar-refractivity contribution is 5.98. The monoisotopic (exact) mass is 255 g/mol. The van der Waals surface area contributed by atoms with Crippen LogP contribution in [-0.4, -0.2) is 36.3 Å². The Morgan fingerprint density at radius 3 is 2.78 bits per heavy atom. The van der Waals surface area contributed by atoms with E-state index in [1.54, 1.807) is 0 Å². The first kappa shape index (κ1) is 12.3. The number of hydrogen-bond donors (Lipinski definition) is 2. The van der Waals surface area contributed by atoms with Gasteiger partial charge in [-0.25, -0.2) is 8.78 Å². The predicted molar refractivity (Wildman–Crippen MR) is 59.7 cm³/mol. The Morgan fingerprint density at radius 2 is 2.11 bits per heavy atom. The first-order valence-corrected chi connectivity index (χ1v) is 5.29. The Labute approximate surface area is 102 Å². The zero-order chi connectivity index (χ0) is 13.3. The lowest BCUT2D eigenvalue weighted by Crippen LogP contribution is -2.50. The average molecular weight is 255 g/mol. The molecule has 2 amide bonds. The van der Waals surface area contributed by atoms with Gasteiger partial charge in [0.15, 0.2) is 5.82 Å². The van der Waals surface area contributed by atoms with Crippen LogP contribution in [0.25, 0.3) is 0 Å². The Bertz CT molecular complexity index is 519. The van der Waals surface area contributed by atoms with Crippen molar-refractivity contribution in [1.29, 1.82) is 0 Å². The van der Waals surface area contributed by atoms with E-state index in [4.69, 9.17) is 5.73 Å². The van der Waals surface area contributed by atoms with E-state index in [1.807, 2.05) is 0 Å². The molecule has 1 heterocycles. The number of rotatable bonds is 1. The summed E-state index contributed by atoms with van der Waals surface area (Å²) in [6, 6.07) is 1.58. The zero-order valence-electron chi connectivity index (χ0n) is 9.37. The molecule has 7 heteroatoms. The molecule has 0 atom stereocenters. The van der Waals surface area contributed by atoms with Gasteiger partial charge in [-0.2, -0.15) is 0 Å². The minimum absolute atomic E-state index is 0.172. The van der Waals surface area contributed by atoms with Crippen molar-refractivity contribution in [3.05, 3.63) is 29.3 Å². The molecule has 0 bridgehead atoms. The lowest BCUT2D eigenvalue weighted by molar-refractivity contribution is -0.123. The Morgan fingerprint density at radius 1 is 1.39 bits per heavy atom. The van der Waals surface area contributed by atoms with E-state index < -0.39 is 28.8 Å². The molecule has 5 nitrogen and oxygen atoms in total. The summed E-state index contributed by atoms with van der Waals surface area (Å²) in [4.78, 5) is 24.2. The Hall–Kier alpha value is -2.18. The van der Waals surface area contributed by atoms with Crippen LogP contribution in [0, 0.1) is 11.6 Å². The quantitative estimate of drug-likeness (QED) is 0.700. The standard InChI is InChI=1S/C11H11F2N3O2/c12-6-3-7(10(13)8(14)4-6)11(18)16-2-1-15-9(17)5-16/h3-4H,1-2,5,14H2,(H,15,17). The third kappa shape index (κ3) is 2.24. The van der Waals surface area contributed by atoms with Crippen LogP contribution in [-0.2, 0) is 4.79 Å². The molecule has 1 aromatic rings. The molecule has 1 saturated heterocycles. The van der Waals surface area contributed by atoms with Gasteiger partial charge in [0.25, 0.3) is 5.91 Å². The second-order valence-electron chi connectivity index (χ2n) is 3.93. The number of benzene rings is 1. The third-order valence-electron chi connectivity index (χ3n) is 2.62. The summed E-state index contributed by atoms with van der Waals surface area (Å²) in [5.74, 6) is -2.83. The Balaban J connectivity index is 2.31. The van der Waals surface area contributed by atoms with E-state index in [9.17, 15) is 18.4 Å². The lowest BCUT2D eigenvalue weighted by atomic mass is 10.1. The van der Waals surface area contributed by atoms with Crippen molar-refractivity contribution >= 4 is 17.5 Å². The number of piperazine rings is 1. The van der Waals surface area contributed by atoms with Crippen molar-refractivity contribution in [2.75, 3.05) is 25.4 Å². The maximum Gasteiger partial charge on any atom is 0.257 e. The van der Waals surface area contributed by atoms with E-state index >= 15 is 0 Å². The van der Waals surface area contributed by atoms with Gasteiger partial charge in [0.2, 0.25) is 5.91 Å². The van der Waals surface area contributed by atoms with Gasteiger partial charge < -0.3 is 16.0 Å². The number of carbonyl (C=O) groups is 2. The van der Waals surface area contributed by atoms with Gasteiger partial charge >= 0.3 is 0 Å². The number of nitrogen functional groups attached to an aromatic ring is 1. The molecule has 0 aromatic heterocycles. The van der Waals surface area contributed by atoms with Crippen molar-refractivity contribution in [2.45, 2.75) is 0 Å². The summed E-state index contributed by atoms with van der Waals surface area (Å²) < 4.78 is 26.8. The number of halogens is 2. The molecule has 2 rings (SSSR count). The molecular weight excluding hydrogens is 244 g/mol. The summed E-state index contributed by atoms with van der Waals surface area (Å²) in [6.45, 7) is 0.367. The predicted octanol–water partition coefficient (Wildman–Crippen LogP) is 0.119. The summed E-state index contributed by atoms with van der Waals surface area (Å²) in [5.41, 5.74) is 4.36. The summed E-state index contributed by atoms with van der Waals surface area (Å²) >= 11 is 0. The molecule has 1 fully saturated rings. The van der Waals surface area contributed by atoms with E-state index in [-0.39, 0.29) is 25.5 Å². The van der Waals surface area contributed by atoms with Gasteiger partial charge in [-0.3, -0.25) is 9.59 Å². The van der Waals surface area contributed by atoms with Crippen molar-refractivity contribution in [2.24, 2.45) is 0 Å². The highest BCUT2D eigenvalue weighted by Gasteiger charge is 2.25. The SMILES string of the molecule is Nc1cc(F)cc(C(=O)N2CCNC(=O)C2)c1F. The van der Waals surface area contributed by atoms with Gasteiger partial charge in [-0.05, 0) is 12.1 Å². The Kier molecular flexibility index (Phi) is 3.14. The molecule has 0 saturated carbocycles. The molecule has 1 aliphatic rings. The second kappa shape index (κ2) is 4.59.